The van der Waals surface area contributed by atoms with Gasteiger partial charge in [-0.2, -0.15) is 0 Å². The minimum atomic E-state index is -1.33. The number of H-pyrrole nitrogens is 1. The zero-order valence-corrected chi connectivity index (χ0v) is 35.5. The molecule has 17 nitrogen and oxygen atoms in total. The molecule has 336 valence electrons. The molecular weight excluding hydrogens is 807 g/mol. The predicted octanol–water partition coefficient (Wildman–Crippen LogP) is 2.57. The van der Waals surface area contributed by atoms with Gasteiger partial charge in [0.15, 0.2) is 0 Å². The number of urea groups is 1. The molecule has 0 aliphatic heterocycles. The second-order valence-electron chi connectivity index (χ2n) is 16.1. The minimum absolute atomic E-state index is 0.0105. The van der Waals surface area contributed by atoms with Crippen LogP contribution in [0.15, 0.2) is 85.1 Å². The quantitative estimate of drug-likeness (QED) is 0.0523. The number of fused-ring (bicyclic) bond motifs is 1. The predicted molar refractivity (Wildman–Crippen MR) is 237 cm³/mol. The van der Waals surface area contributed by atoms with Gasteiger partial charge >= 0.3 is 6.03 Å². The van der Waals surface area contributed by atoms with E-state index < -0.39 is 65.8 Å². The van der Waals surface area contributed by atoms with Crippen molar-refractivity contribution in [3.05, 3.63) is 102 Å². The molecule has 0 saturated heterocycles. The number of nitrogens with one attached hydrogen (secondary N) is 7. The van der Waals surface area contributed by atoms with E-state index in [2.05, 4.69) is 36.9 Å². The van der Waals surface area contributed by atoms with Crippen molar-refractivity contribution in [1.82, 2.24) is 36.9 Å². The maximum absolute atomic E-state index is 14.6. The summed E-state index contributed by atoms with van der Waals surface area (Å²) in [6, 6.07) is 18.9. The maximum atomic E-state index is 14.6. The van der Waals surface area contributed by atoms with Gasteiger partial charge in [-0.25, -0.2) is 4.79 Å². The van der Waals surface area contributed by atoms with Gasteiger partial charge in [-0.1, -0.05) is 74.0 Å². The average molecular weight is 866 g/mol. The number of hydrogen-bond donors (Lipinski definition) is 10. The molecule has 63 heavy (non-hydrogen) atoms. The van der Waals surface area contributed by atoms with E-state index in [1.807, 2.05) is 49.4 Å². The fraction of sp³-hybridized carbons (Fsp3) is 0.413. The summed E-state index contributed by atoms with van der Waals surface area (Å²) in [4.78, 5) is 96.5. The van der Waals surface area contributed by atoms with Crippen LogP contribution in [0.3, 0.4) is 0 Å². The van der Waals surface area contributed by atoms with E-state index in [1.165, 1.54) is 0 Å². The zero-order chi connectivity index (χ0) is 45.4. The number of nitrogens with two attached hydrogens (primary N) is 2. The van der Waals surface area contributed by atoms with Gasteiger partial charge in [-0.3, -0.25) is 28.8 Å². The van der Waals surface area contributed by atoms with Gasteiger partial charge in [0.2, 0.25) is 35.4 Å². The normalized spacial score (nSPS) is 17.3. The number of phenols is 1. The van der Waals surface area contributed by atoms with E-state index >= 15 is 0 Å². The molecule has 0 radical (unpaired) electrons. The lowest BCUT2D eigenvalue weighted by molar-refractivity contribution is -0.138. The number of phenolic OH excluding ortho intramolecular Hbond substituents is 1. The molecule has 1 fully saturated rings. The first-order valence-corrected chi connectivity index (χ1v) is 21.5. The molecule has 5 rings (SSSR count). The molecule has 3 aromatic carbocycles. The van der Waals surface area contributed by atoms with Crippen molar-refractivity contribution in [3.63, 3.8) is 0 Å². The summed E-state index contributed by atoms with van der Waals surface area (Å²) in [5.41, 5.74) is 12.5. The Morgan fingerprint density at radius 1 is 0.762 bits per heavy atom. The SMILES string of the molecule is CCCCC(=O)NC1(C(=O)N[C@H](Cc2ccccc2)C(=O)N[C@@H](CCCNC(N)=O)C(=O)N[C@@H](Cc2c[nH]c3ccccc23)C(=O)NCC(N)=O)CCC(c2ccc(O)cc2)CC1. The number of rotatable bonds is 22. The van der Waals surface area contributed by atoms with Crippen LogP contribution in [0.25, 0.3) is 10.9 Å². The lowest BCUT2D eigenvalue weighted by Crippen LogP contribution is -2.64. The lowest BCUT2D eigenvalue weighted by Gasteiger charge is -2.40. The first kappa shape index (κ1) is 47.1. The molecule has 8 amide bonds. The van der Waals surface area contributed by atoms with E-state index in [1.54, 1.807) is 42.6 Å². The molecule has 1 heterocycles. The Kier molecular flexibility index (Phi) is 17.1. The molecule has 0 bridgehead atoms. The third kappa shape index (κ3) is 13.8. The number of primary amides is 2. The summed E-state index contributed by atoms with van der Waals surface area (Å²) in [5.74, 6) is -3.51. The van der Waals surface area contributed by atoms with Crippen molar-refractivity contribution in [2.24, 2.45) is 11.5 Å². The zero-order valence-electron chi connectivity index (χ0n) is 35.5. The number of amides is 8. The fourth-order valence-corrected chi connectivity index (χ4v) is 7.98. The Labute approximate surface area is 366 Å². The number of carbonyl (C=O) groups excluding carboxylic acids is 7. The van der Waals surface area contributed by atoms with Crippen LogP contribution >= 0.6 is 0 Å². The van der Waals surface area contributed by atoms with Gasteiger partial charge in [0.05, 0.1) is 6.54 Å². The van der Waals surface area contributed by atoms with E-state index in [0.717, 1.165) is 22.9 Å². The molecule has 12 N–H and O–H groups in total. The van der Waals surface area contributed by atoms with Crippen LogP contribution in [0.5, 0.6) is 5.75 Å². The number of aromatic amines is 1. The number of para-hydroxylation sites is 1. The summed E-state index contributed by atoms with van der Waals surface area (Å²) in [7, 11) is 0. The number of benzene rings is 3. The van der Waals surface area contributed by atoms with E-state index in [9.17, 15) is 38.7 Å². The minimum Gasteiger partial charge on any atom is -0.508 e. The van der Waals surface area contributed by atoms with Crippen LogP contribution in [-0.2, 0) is 41.6 Å². The number of unbranched alkanes of at least 4 members (excludes halogenated alkanes) is 1. The Hall–Kier alpha value is -6.91. The first-order valence-electron chi connectivity index (χ1n) is 21.5. The Morgan fingerprint density at radius 2 is 1.41 bits per heavy atom. The Balaban J connectivity index is 1.41. The number of aromatic hydroxyl groups is 1. The van der Waals surface area contributed by atoms with Gasteiger partial charge in [0, 0.05) is 42.9 Å². The van der Waals surface area contributed by atoms with Crippen molar-refractivity contribution >= 4 is 52.4 Å². The average Bonchev–Trinajstić information content (AvgIpc) is 3.68. The van der Waals surface area contributed by atoms with Gasteiger partial charge in [0.25, 0.3) is 0 Å². The highest BCUT2D eigenvalue weighted by Gasteiger charge is 2.44. The summed E-state index contributed by atoms with van der Waals surface area (Å²) >= 11 is 0. The van der Waals surface area contributed by atoms with E-state index in [0.29, 0.717) is 30.4 Å². The highest BCUT2D eigenvalue weighted by atomic mass is 16.3. The summed E-state index contributed by atoms with van der Waals surface area (Å²) in [5, 5.41) is 27.1. The number of carbonyl (C=O) groups is 7. The van der Waals surface area contributed by atoms with Crippen molar-refractivity contribution < 1.29 is 38.7 Å². The van der Waals surface area contributed by atoms with E-state index in [-0.39, 0.29) is 69.1 Å². The molecule has 1 aliphatic carbocycles. The monoisotopic (exact) mass is 865 g/mol. The third-order valence-electron chi connectivity index (χ3n) is 11.4. The number of hydrogen-bond acceptors (Lipinski definition) is 8. The Bertz CT molecular complexity index is 2200. The van der Waals surface area contributed by atoms with Crippen molar-refractivity contribution in [2.75, 3.05) is 13.1 Å². The molecule has 1 aliphatic rings. The fourth-order valence-electron chi connectivity index (χ4n) is 7.98. The molecule has 3 atom stereocenters. The molecule has 17 heteroatoms. The van der Waals surface area contributed by atoms with Gasteiger partial charge in [0.1, 0.15) is 29.4 Å². The molecule has 4 aromatic rings. The highest BCUT2D eigenvalue weighted by molar-refractivity contribution is 5.98. The maximum Gasteiger partial charge on any atom is 0.312 e. The van der Waals surface area contributed by atoms with Gasteiger partial charge in [-0.05, 0) is 85.8 Å². The molecular formula is C46H59N9O8. The summed E-state index contributed by atoms with van der Waals surface area (Å²) < 4.78 is 0. The van der Waals surface area contributed by atoms with Crippen molar-refractivity contribution in [3.8, 4) is 5.75 Å². The topological polar surface area (TPSA) is 280 Å². The highest BCUT2D eigenvalue weighted by Crippen LogP contribution is 2.39. The van der Waals surface area contributed by atoms with Crippen molar-refractivity contribution in [2.45, 2.75) is 107 Å². The molecule has 0 spiro atoms. The van der Waals surface area contributed by atoms with Crippen LogP contribution in [0, 0.1) is 0 Å². The summed E-state index contributed by atoms with van der Waals surface area (Å²) in [6.45, 7) is 1.56. The smallest absolute Gasteiger partial charge is 0.312 e. The van der Waals surface area contributed by atoms with Gasteiger partial charge < -0.3 is 53.5 Å². The van der Waals surface area contributed by atoms with Crippen molar-refractivity contribution in [1.29, 1.82) is 0 Å². The number of aromatic nitrogens is 1. The van der Waals surface area contributed by atoms with Crippen LogP contribution < -0.4 is 43.4 Å². The third-order valence-corrected chi connectivity index (χ3v) is 11.4. The second kappa shape index (κ2) is 22.8. The molecule has 0 unspecified atom stereocenters. The Morgan fingerprint density at radius 3 is 2.10 bits per heavy atom. The first-order chi connectivity index (χ1) is 30.3. The second-order valence-corrected chi connectivity index (χ2v) is 16.1. The van der Waals surface area contributed by atoms with Crippen LogP contribution in [0.1, 0.15) is 87.3 Å². The standard InChI is InChI=1S/C46H59N9O8/c1-2-3-15-40(58)55-46(22-20-31(21-23-46)30-16-18-33(56)19-17-30)44(62)54-37(25-29-10-5-4-6-11-29)43(61)52-36(14-9-24-49-45(48)63)42(60)53-38(41(59)51-28-39(47)57)26-32-27-50-35-13-8-7-12-34(32)35/h4-8,10-13,16-19,27,31,36-38,50,56H,2-3,9,14-15,20-26,28H2,1H3,(H2,47,57)(H,51,59)(H,52,61)(H,53,60)(H,54,62)(H,55,58)(H3,48,49,63)/t31?,36-,37+,38-,46?/m0/s1. The van der Waals surface area contributed by atoms with Gasteiger partial charge in [-0.15, -0.1) is 0 Å². The molecule has 1 saturated carbocycles. The van der Waals surface area contributed by atoms with Crippen LogP contribution in [0.4, 0.5) is 4.79 Å². The lowest BCUT2D eigenvalue weighted by atomic mass is 9.73. The molecule has 1 aromatic heterocycles. The largest absolute Gasteiger partial charge is 0.508 e. The van der Waals surface area contributed by atoms with E-state index in [4.69, 9.17) is 11.5 Å². The van der Waals surface area contributed by atoms with Crippen LogP contribution in [-0.4, -0.2) is 88.3 Å². The summed E-state index contributed by atoms with van der Waals surface area (Å²) in [6.07, 6.45) is 5.25. The van der Waals surface area contributed by atoms with Crippen LogP contribution in [0.2, 0.25) is 0 Å².